The van der Waals surface area contributed by atoms with Gasteiger partial charge >= 0.3 is 6.15 Å². The summed E-state index contributed by atoms with van der Waals surface area (Å²) in [6, 6.07) is 56.1. The molecule has 2 heterocycles. The Bertz CT molecular complexity index is 2820. The standard InChI is InChI=1S/C25H18N2O2.C24H15BrN2O2.CO2/c1-17-6-5-7-19(14-17)23-15-24(28)22(16-26)25(27-23)18-10-12-21(13-11-18)29-20-8-3-2-4-9-20;25-18-6-4-5-17(13-18)22-14-23(28)21(15-26)24(27-22)16-9-11-20(12-10-16)29-19-7-2-1-3-8-19;2-1-3/h2-15H,1H3,(H,27,28);1-14H,(H,27,28);. The third kappa shape index (κ3) is 11.0. The fourth-order valence-corrected chi connectivity index (χ4v) is 6.58. The molecular weight excluding hydrogens is 832 g/mol. The number of aromatic amines is 2. The molecule has 8 aromatic rings. The zero-order chi connectivity index (χ0) is 43.1. The molecule has 296 valence electrons. The second-order valence-electron chi connectivity index (χ2n) is 13.2. The average Bonchev–Trinajstić information content (AvgIpc) is 3.27. The predicted octanol–water partition coefficient (Wildman–Crippen LogP) is 11.2. The van der Waals surface area contributed by atoms with Crippen LogP contribution in [-0.2, 0) is 9.59 Å². The van der Waals surface area contributed by atoms with Crippen LogP contribution in [0.3, 0.4) is 0 Å². The summed E-state index contributed by atoms with van der Waals surface area (Å²) < 4.78 is 12.5. The third-order valence-electron chi connectivity index (χ3n) is 9.00. The van der Waals surface area contributed by atoms with E-state index in [1.807, 2.05) is 177 Å². The third-order valence-corrected chi connectivity index (χ3v) is 9.49. The van der Waals surface area contributed by atoms with Crippen LogP contribution in [0.1, 0.15) is 16.7 Å². The second-order valence-corrected chi connectivity index (χ2v) is 14.1. The fraction of sp³-hybridized carbons (Fsp3) is 0.0200. The molecule has 0 saturated heterocycles. The van der Waals surface area contributed by atoms with Crippen molar-refractivity contribution in [2.45, 2.75) is 6.92 Å². The first-order valence-electron chi connectivity index (χ1n) is 18.5. The first-order chi connectivity index (χ1) is 29.7. The van der Waals surface area contributed by atoms with Gasteiger partial charge in [0, 0.05) is 28.0 Å². The Morgan fingerprint density at radius 1 is 0.475 bits per heavy atom. The smallest absolute Gasteiger partial charge is 0.373 e. The monoisotopic (exact) mass is 864 g/mol. The molecule has 0 aliphatic carbocycles. The van der Waals surface area contributed by atoms with E-state index in [0.717, 1.165) is 43.8 Å². The number of ether oxygens (including phenoxy) is 2. The summed E-state index contributed by atoms with van der Waals surface area (Å²) in [6.07, 6.45) is 0.250. The number of nitrogens with one attached hydrogen (secondary N) is 2. The van der Waals surface area contributed by atoms with Crippen molar-refractivity contribution < 1.29 is 19.1 Å². The molecule has 0 atom stereocenters. The fourth-order valence-electron chi connectivity index (χ4n) is 6.18. The Kier molecular flexibility index (Phi) is 14.1. The van der Waals surface area contributed by atoms with Crippen LogP contribution in [-0.4, -0.2) is 16.1 Å². The van der Waals surface area contributed by atoms with Crippen LogP contribution in [0.2, 0.25) is 0 Å². The van der Waals surface area contributed by atoms with E-state index in [9.17, 15) is 20.1 Å². The highest BCUT2D eigenvalue weighted by molar-refractivity contribution is 9.10. The lowest BCUT2D eigenvalue weighted by Gasteiger charge is -2.10. The van der Waals surface area contributed by atoms with Crippen molar-refractivity contribution in [3.63, 3.8) is 0 Å². The molecule has 0 bridgehead atoms. The van der Waals surface area contributed by atoms with E-state index in [2.05, 4.69) is 25.9 Å². The number of nitrogens with zero attached hydrogens (tertiary/aromatic N) is 2. The molecule has 10 nitrogen and oxygen atoms in total. The van der Waals surface area contributed by atoms with Crippen LogP contribution in [0.15, 0.2) is 184 Å². The summed E-state index contributed by atoms with van der Waals surface area (Å²) in [4.78, 5) is 47.9. The molecule has 0 spiro atoms. The van der Waals surface area contributed by atoms with E-state index < -0.39 is 0 Å². The lowest BCUT2D eigenvalue weighted by molar-refractivity contribution is -0.191. The zero-order valence-electron chi connectivity index (χ0n) is 32.4. The van der Waals surface area contributed by atoms with E-state index >= 15 is 0 Å². The summed E-state index contributed by atoms with van der Waals surface area (Å²) >= 11 is 3.45. The minimum Gasteiger partial charge on any atom is -0.457 e. The first-order valence-corrected chi connectivity index (χ1v) is 19.3. The van der Waals surface area contributed by atoms with Gasteiger partial charge in [-0.15, -0.1) is 0 Å². The van der Waals surface area contributed by atoms with Crippen LogP contribution >= 0.6 is 15.9 Å². The Morgan fingerprint density at radius 3 is 1.26 bits per heavy atom. The molecule has 0 radical (unpaired) electrons. The van der Waals surface area contributed by atoms with Gasteiger partial charge in [-0.05, 0) is 120 Å². The maximum absolute atomic E-state index is 12.6. The maximum Gasteiger partial charge on any atom is 0.373 e. The highest BCUT2D eigenvalue weighted by atomic mass is 79.9. The van der Waals surface area contributed by atoms with E-state index in [1.165, 1.54) is 12.1 Å². The number of benzene rings is 6. The molecule has 0 amide bonds. The van der Waals surface area contributed by atoms with E-state index in [-0.39, 0.29) is 28.1 Å². The van der Waals surface area contributed by atoms with Crippen LogP contribution in [0.5, 0.6) is 23.0 Å². The number of H-pyrrole nitrogens is 2. The van der Waals surface area contributed by atoms with Gasteiger partial charge in [0.2, 0.25) is 10.9 Å². The number of carbonyl (C=O) groups excluding carboxylic acids is 2. The Balaban J connectivity index is 0.000000192. The van der Waals surface area contributed by atoms with Crippen molar-refractivity contribution in [1.82, 2.24) is 9.97 Å². The van der Waals surface area contributed by atoms with Gasteiger partial charge in [-0.2, -0.15) is 20.1 Å². The number of para-hydroxylation sites is 2. The highest BCUT2D eigenvalue weighted by Gasteiger charge is 2.15. The van der Waals surface area contributed by atoms with Gasteiger partial charge in [0.1, 0.15) is 46.3 Å². The van der Waals surface area contributed by atoms with Crippen molar-refractivity contribution in [1.29, 1.82) is 10.5 Å². The van der Waals surface area contributed by atoms with E-state index in [0.29, 0.717) is 34.3 Å². The topological polar surface area (TPSA) is 166 Å². The summed E-state index contributed by atoms with van der Waals surface area (Å²) in [5, 5.41) is 19.0. The summed E-state index contributed by atoms with van der Waals surface area (Å²) in [7, 11) is 0. The van der Waals surface area contributed by atoms with Gasteiger partial charge < -0.3 is 19.4 Å². The number of aromatic nitrogens is 2. The van der Waals surface area contributed by atoms with Crippen LogP contribution < -0.4 is 20.3 Å². The summed E-state index contributed by atoms with van der Waals surface area (Å²) in [6.45, 7) is 2.00. The summed E-state index contributed by atoms with van der Waals surface area (Å²) in [5.41, 5.74) is 6.20. The number of pyridine rings is 2. The second kappa shape index (κ2) is 20.4. The summed E-state index contributed by atoms with van der Waals surface area (Å²) in [5.74, 6) is 2.83. The van der Waals surface area contributed by atoms with Gasteiger partial charge in [-0.25, -0.2) is 0 Å². The number of hydrogen-bond donors (Lipinski definition) is 2. The highest BCUT2D eigenvalue weighted by Crippen LogP contribution is 2.30. The Labute approximate surface area is 358 Å². The van der Waals surface area contributed by atoms with Gasteiger partial charge in [-0.1, -0.05) is 88.2 Å². The molecule has 0 saturated carbocycles. The van der Waals surface area contributed by atoms with Crippen molar-refractivity contribution >= 4 is 22.1 Å². The number of aryl methyl sites for hydroxylation is 1. The number of hydrogen-bond acceptors (Lipinski definition) is 8. The Hall–Kier alpha value is -8.34. The number of nitriles is 2. The van der Waals surface area contributed by atoms with E-state index in [4.69, 9.17) is 19.1 Å². The molecule has 2 aromatic heterocycles. The largest absolute Gasteiger partial charge is 0.457 e. The van der Waals surface area contributed by atoms with Crippen LogP contribution in [0.25, 0.3) is 45.0 Å². The lowest BCUT2D eigenvalue weighted by Crippen LogP contribution is -2.09. The number of halogens is 1. The molecular formula is C50H33BrN4O6. The molecule has 11 heteroatoms. The van der Waals surface area contributed by atoms with Crippen LogP contribution in [0, 0.1) is 29.6 Å². The Morgan fingerprint density at radius 2 is 0.869 bits per heavy atom. The van der Waals surface area contributed by atoms with Crippen molar-refractivity contribution in [3.8, 4) is 80.2 Å². The molecule has 0 aliphatic rings. The van der Waals surface area contributed by atoms with Gasteiger partial charge in [-0.3, -0.25) is 9.59 Å². The normalized spacial score (nSPS) is 9.97. The quantitative estimate of drug-likeness (QED) is 0.152. The minimum atomic E-state index is -0.319. The van der Waals surface area contributed by atoms with Crippen LogP contribution in [0.4, 0.5) is 0 Å². The minimum absolute atomic E-state index is 0.0838. The van der Waals surface area contributed by atoms with Gasteiger partial charge in [0.25, 0.3) is 0 Å². The molecule has 8 rings (SSSR count). The number of rotatable bonds is 8. The van der Waals surface area contributed by atoms with Crippen molar-refractivity contribution in [2.24, 2.45) is 0 Å². The van der Waals surface area contributed by atoms with Crippen molar-refractivity contribution in [3.05, 3.63) is 211 Å². The van der Waals surface area contributed by atoms with Gasteiger partial charge in [0.15, 0.2) is 0 Å². The van der Waals surface area contributed by atoms with Gasteiger partial charge in [0.05, 0.1) is 11.4 Å². The lowest BCUT2D eigenvalue weighted by atomic mass is 10.0. The molecule has 61 heavy (non-hydrogen) atoms. The molecule has 0 unspecified atom stereocenters. The predicted molar refractivity (Wildman–Crippen MR) is 236 cm³/mol. The first kappa shape index (κ1) is 42.3. The zero-order valence-corrected chi connectivity index (χ0v) is 34.0. The molecule has 0 aliphatic heterocycles. The van der Waals surface area contributed by atoms with Crippen molar-refractivity contribution in [2.75, 3.05) is 0 Å². The SMILES string of the molecule is Cc1cccc(-c2cc(=O)c(C#N)c(-c3ccc(Oc4ccccc4)cc3)[nH]2)c1.N#Cc1c(-c2ccc(Oc3ccccc3)cc2)[nH]c(-c2cccc(Br)c2)cc1=O.O=C=O. The molecule has 2 N–H and O–H groups in total. The molecule has 0 fully saturated rings. The van der Waals surface area contributed by atoms with E-state index in [1.54, 1.807) is 0 Å². The average molecular weight is 866 g/mol. The maximum atomic E-state index is 12.6. The molecule has 6 aromatic carbocycles.